The molecule has 1 aliphatic heterocycles. The number of halogens is 2. The van der Waals surface area contributed by atoms with Crippen LogP contribution < -0.4 is 15.4 Å². The third-order valence-electron chi connectivity index (χ3n) is 6.31. The second-order valence-corrected chi connectivity index (χ2v) is 8.67. The lowest BCUT2D eigenvalue weighted by atomic mass is 9.94. The van der Waals surface area contributed by atoms with Gasteiger partial charge >= 0.3 is 0 Å². The Labute approximate surface area is 190 Å². The minimum Gasteiger partial charge on any atom is -0.474 e. The number of hydrogen-bond acceptors (Lipinski definition) is 7. The molecular weight excluding hydrogens is 430 g/mol. The number of hydrogen-bond donors (Lipinski definition) is 1. The van der Waals surface area contributed by atoms with Crippen LogP contribution in [-0.4, -0.2) is 58.0 Å². The van der Waals surface area contributed by atoms with E-state index in [-0.39, 0.29) is 18.0 Å². The Bertz CT molecular complexity index is 1120. The van der Waals surface area contributed by atoms with E-state index in [0.29, 0.717) is 55.0 Å². The molecule has 3 aromatic rings. The topological polar surface area (TPSA) is 91.3 Å². The van der Waals surface area contributed by atoms with Crippen LogP contribution in [0, 0.1) is 6.92 Å². The molecule has 1 saturated heterocycles. The van der Waals surface area contributed by atoms with E-state index in [1.807, 2.05) is 24.0 Å². The molecule has 8 nitrogen and oxygen atoms in total. The number of para-hydroxylation sites is 1. The second-order valence-electron chi connectivity index (χ2n) is 8.67. The zero-order valence-electron chi connectivity index (χ0n) is 18.6. The van der Waals surface area contributed by atoms with Crippen LogP contribution in [0.3, 0.4) is 0 Å². The first-order valence-electron chi connectivity index (χ1n) is 11.4. The Balaban J connectivity index is 1.60. The molecule has 33 heavy (non-hydrogen) atoms. The van der Waals surface area contributed by atoms with Crippen molar-refractivity contribution in [2.24, 2.45) is 5.73 Å². The predicted molar refractivity (Wildman–Crippen MR) is 120 cm³/mol. The fourth-order valence-corrected chi connectivity index (χ4v) is 4.50. The lowest BCUT2D eigenvalue weighted by Gasteiger charge is -2.29. The van der Waals surface area contributed by atoms with Gasteiger partial charge in [0.15, 0.2) is 5.82 Å². The average Bonchev–Trinajstić information content (AvgIpc) is 3.22. The number of nitrogens with zero attached hydrogens (tertiary/aromatic N) is 5. The molecule has 2 N–H and O–H groups in total. The Morgan fingerprint density at radius 2 is 1.85 bits per heavy atom. The maximum Gasteiger partial charge on any atom is 0.296 e. The first-order chi connectivity index (χ1) is 16.0. The standard InChI is InChI=1S/C23H28F2N6O2/c1-14-3-2-4-17-20(14)29-22(21(24)25)31(17)18-13-19(33-16-7-5-15(26)6-8-16)28-23(27-18)30-9-11-32-12-10-30/h2-4,13,15-16,21H,5-12,26H2,1H3. The maximum absolute atomic E-state index is 14.1. The third kappa shape index (κ3) is 4.49. The van der Waals surface area contributed by atoms with Crippen LogP contribution in [0.25, 0.3) is 16.9 Å². The summed E-state index contributed by atoms with van der Waals surface area (Å²) in [5.41, 5.74) is 7.96. The van der Waals surface area contributed by atoms with Crippen molar-refractivity contribution in [1.82, 2.24) is 19.5 Å². The van der Waals surface area contributed by atoms with Crippen molar-refractivity contribution in [3.05, 3.63) is 35.7 Å². The molecule has 3 heterocycles. The van der Waals surface area contributed by atoms with Crippen molar-refractivity contribution < 1.29 is 18.3 Å². The summed E-state index contributed by atoms with van der Waals surface area (Å²) < 4.78 is 41.2. The Morgan fingerprint density at radius 3 is 2.58 bits per heavy atom. The highest BCUT2D eigenvalue weighted by molar-refractivity contribution is 5.81. The number of ether oxygens (including phenoxy) is 2. The highest BCUT2D eigenvalue weighted by atomic mass is 19.3. The van der Waals surface area contributed by atoms with Crippen molar-refractivity contribution in [3.8, 4) is 11.7 Å². The van der Waals surface area contributed by atoms with E-state index < -0.39 is 6.43 Å². The summed E-state index contributed by atoms with van der Waals surface area (Å²) in [5, 5.41) is 0. The largest absolute Gasteiger partial charge is 0.474 e. The van der Waals surface area contributed by atoms with E-state index in [0.717, 1.165) is 31.2 Å². The van der Waals surface area contributed by atoms with Gasteiger partial charge in [-0.15, -0.1) is 0 Å². The van der Waals surface area contributed by atoms with Gasteiger partial charge in [-0.05, 0) is 44.2 Å². The van der Waals surface area contributed by atoms with Crippen LogP contribution in [0.2, 0.25) is 0 Å². The maximum atomic E-state index is 14.1. The fourth-order valence-electron chi connectivity index (χ4n) is 4.50. The number of morpholine rings is 1. The second kappa shape index (κ2) is 9.18. The lowest BCUT2D eigenvalue weighted by Crippen LogP contribution is -2.37. The molecule has 0 spiro atoms. The smallest absolute Gasteiger partial charge is 0.296 e. The minimum absolute atomic E-state index is 0.0126. The normalized spacial score (nSPS) is 21.7. The van der Waals surface area contributed by atoms with Crippen LogP contribution in [0.4, 0.5) is 14.7 Å². The fraction of sp³-hybridized carbons (Fsp3) is 0.522. The first-order valence-corrected chi connectivity index (χ1v) is 11.4. The summed E-state index contributed by atoms with van der Waals surface area (Å²) in [6.07, 6.45) is 0.676. The molecule has 10 heteroatoms. The van der Waals surface area contributed by atoms with Gasteiger partial charge in [0.1, 0.15) is 11.9 Å². The van der Waals surface area contributed by atoms with Crippen molar-refractivity contribution in [2.75, 3.05) is 31.2 Å². The third-order valence-corrected chi connectivity index (χ3v) is 6.31. The molecule has 2 aliphatic rings. The van der Waals surface area contributed by atoms with Crippen molar-refractivity contribution in [2.45, 2.75) is 51.2 Å². The summed E-state index contributed by atoms with van der Waals surface area (Å²) >= 11 is 0. The van der Waals surface area contributed by atoms with E-state index in [1.54, 1.807) is 12.1 Å². The molecule has 1 aliphatic carbocycles. The molecule has 2 aromatic heterocycles. The van der Waals surface area contributed by atoms with Crippen LogP contribution in [0.5, 0.6) is 5.88 Å². The molecular formula is C23H28F2N6O2. The Morgan fingerprint density at radius 1 is 1.09 bits per heavy atom. The molecule has 176 valence electrons. The van der Waals surface area contributed by atoms with Crippen molar-refractivity contribution >= 4 is 17.0 Å². The molecule has 1 aromatic carbocycles. The van der Waals surface area contributed by atoms with E-state index >= 15 is 0 Å². The number of anilines is 1. The van der Waals surface area contributed by atoms with Gasteiger partial charge in [-0.2, -0.15) is 9.97 Å². The van der Waals surface area contributed by atoms with Gasteiger partial charge in [-0.25, -0.2) is 13.8 Å². The molecule has 5 rings (SSSR count). The van der Waals surface area contributed by atoms with Gasteiger partial charge in [0.25, 0.3) is 6.43 Å². The van der Waals surface area contributed by atoms with Gasteiger partial charge in [0, 0.05) is 25.2 Å². The van der Waals surface area contributed by atoms with E-state index in [2.05, 4.69) is 15.0 Å². The monoisotopic (exact) mass is 458 g/mol. The highest BCUT2D eigenvalue weighted by Crippen LogP contribution is 2.31. The van der Waals surface area contributed by atoms with Gasteiger partial charge in [-0.1, -0.05) is 12.1 Å². The van der Waals surface area contributed by atoms with E-state index in [4.69, 9.17) is 15.2 Å². The Hall–Kier alpha value is -2.85. The first kappa shape index (κ1) is 22.0. The summed E-state index contributed by atoms with van der Waals surface area (Å²) in [7, 11) is 0. The lowest BCUT2D eigenvalue weighted by molar-refractivity contribution is 0.121. The number of rotatable bonds is 5. The molecule has 0 atom stereocenters. The number of alkyl halides is 2. The number of nitrogens with two attached hydrogens (primary N) is 1. The van der Waals surface area contributed by atoms with Gasteiger partial charge < -0.3 is 20.1 Å². The van der Waals surface area contributed by atoms with E-state index in [9.17, 15) is 8.78 Å². The quantitative estimate of drug-likeness (QED) is 0.625. The average molecular weight is 459 g/mol. The van der Waals surface area contributed by atoms with Crippen molar-refractivity contribution in [3.63, 3.8) is 0 Å². The minimum atomic E-state index is -2.76. The molecule has 0 unspecified atom stereocenters. The predicted octanol–water partition coefficient (Wildman–Crippen LogP) is 3.55. The number of aryl methyl sites for hydroxylation is 1. The molecule has 0 amide bonds. The van der Waals surface area contributed by atoms with Gasteiger partial charge in [0.2, 0.25) is 11.8 Å². The van der Waals surface area contributed by atoms with Crippen LogP contribution in [-0.2, 0) is 4.74 Å². The highest BCUT2D eigenvalue weighted by Gasteiger charge is 2.26. The summed E-state index contributed by atoms with van der Waals surface area (Å²) in [6.45, 7) is 4.20. The van der Waals surface area contributed by atoms with Crippen LogP contribution in [0.15, 0.2) is 24.3 Å². The molecule has 1 saturated carbocycles. The summed E-state index contributed by atoms with van der Waals surface area (Å²) in [5.74, 6) is 0.780. The zero-order valence-corrected chi connectivity index (χ0v) is 18.6. The van der Waals surface area contributed by atoms with Crippen LogP contribution >= 0.6 is 0 Å². The number of benzene rings is 1. The number of imidazole rings is 1. The SMILES string of the molecule is Cc1cccc2c1nc(C(F)F)n2-c1cc(OC2CCC(N)CC2)nc(N2CCOCC2)n1. The Kier molecular flexibility index (Phi) is 6.11. The summed E-state index contributed by atoms with van der Waals surface area (Å²) in [4.78, 5) is 15.6. The van der Waals surface area contributed by atoms with E-state index in [1.165, 1.54) is 4.57 Å². The molecule has 0 bridgehead atoms. The zero-order chi connectivity index (χ0) is 22.9. The van der Waals surface area contributed by atoms with Crippen molar-refractivity contribution in [1.29, 1.82) is 0 Å². The number of aromatic nitrogens is 4. The van der Waals surface area contributed by atoms with Gasteiger partial charge in [-0.3, -0.25) is 4.57 Å². The molecule has 2 fully saturated rings. The summed E-state index contributed by atoms with van der Waals surface area (Å²) in [6, 6.07) is 7.30. The van der Waals surface area contributed by atoms with Gasteiger partial charge in [0.05, 0.1) is 24.2 Å². The molecule has 0 radical (unpaired) electrons. The number of fused-ring (bicyclic) bond motifs is 1. The van der Waals surface area contributed by atoms with Crippen LogP contribution in [0.1, 0.15) is 43.5 Å².